The fourth-order valence-corrected chi connectivity index (χ4v) is 5.71. The Morgan fingerprint density at radius 1 is 0.894 bits per heavy atom. The standard InChI is InChI=1S/C39H40N2O6/c1-5-46-36-22-28(42)21-27(29(36)18-14-25(2)3)17-15-26-16-19-35(37(20-26)45-4)41-38(43)23-40-39(44)47-24-34-32-12-8-6-10-30(32)31-11-7-9-13-33(31)34/h6-17,19-22,34,42H,5,18,23-24H2,1-4H3,(H,40,44)(H,41,43)/b17-15+. The first kappa shape index (κ1) is 32.9. The van der Waals surface area contributed by atoms with Crippen LogP contribution in [0.5, 0.6) is 17.2 Å². The number of rotatable bonds is 12. The van der Waals surface area contributed by atoms with Crippen molar-refractivity contribution in [3.63, 3.8) is 0 Å². The molecule has 0 spiro atoms. The smallest absolute Gasteiger partial charge is 0.407 e. The summed E-state index contributed by atoms with van der Waals surface area (Å²) in [6, 6.07) is 25.0. The van der Waals surface area contributed by atoms with Gasteiger partial charge in [-0.15, -0.1) is 0 Å². The van der Waals surface area contributed by atoms with E-state index < -0.39 is 12.0 Å². The number of anilines is 1. The van der Waals surface area contributed by atoms with E-state index in [4.69, 9.17) is 14.2 Å². The molecule has 242 valence electrons. The molecule has 5 rings (SSSR count). The Hall–Kier alpha value is -5.50. The van der Waals surface area contributed by atoms with E-state index in [0.717, 1.165) is 38.9 Å². The van der Waals surface area contributed by atoms with Crippen molar-refractivity contribution in [3.05, 3.63) is 118 Å². The maximum atomic E-state index is 12.7. The van der Waals surface area contributed by atoms with Crippen molar-refractivity contribution < 1.29 is 28.9 Å². The molecule has 0 bridgehead atoms. The fourth-order valence-electron chi connectivity index (χ4n) is 5.71. The summed E-state index contributed by atoms with van der Waals surface area (Å²) >= 11 is 0. The van der Waals surface area contributed by atoms with Crippen molar-refractivity contribution >= 4 is 29.8 Å². The SMILES string of the molecule is CCOc1cc(O)cc(/C=C/c2ccc(NC(=O)CNC(=O)OCC3c4ccccc4-c4ccccc43)c(OC)c2)c1CC=C(C)C. The largest absolute Gasteiger partial charge is 0.508 e. The Morgan fingerprint density at radius 3 is 2.26 bits per heavy atom. The van der Waals surface area contributed by atoms with Crippen molar-refractivity contribution in [1.82, 2.24) is 5.32 Å². The zero-order valence-corrected chi connectivity index (χ0v) is 27.1. The Morgan fingerprint density at radius 2 is 1.60 bits per heavy atom. The van der Waals surface area contributed by atoms with Crippen LogP contribution in [-0.2, 0) is 16.0 Å². The van der Waals surface area contributed by atoms with Crippen LogP contribution in [0.25, 0.3) is 23.3 Å². The number of methoxy groups -OCH3 is 1. The van der Waals surface area contributed by atoms with Gasteiger partial charge in [0.15, 0.2) is 0 Å². The van der Waals surface area contributed by atoms with Gasteiger partial charge in [0.25, 0.3) is 0 Å². The zero-order chi connectivity index (χ0) is 33.3. The number of alkyl carbamates (subject to hydrolysis) is 1. The van der Waals surface area contributed by atoms with Gasteiger partial charge in [0.05, 0.1) is 19.4 Å². The third-order valence-corrected chi connectivity index (χ3v) is 7.93. The van der Waals surface area contributed by atoms with E-state index >= 15 is 0 Å². The number of hydrogen-bond donors (Lipinski definition) is 3. The molecule has 0 saturated heterocycles. The number of phenolic OH excluding ortho intramolecular Hbond substituents is 1. The molecule has 8 nitrogen and oxygen atoms in total. The van der Waals surface area contributed by atoms with E-state index in [2.05, 4.69) is 41.0 Å². The molecule has 0 unspecified atom stereocenters. The molecule has 0 fully saturated rings. The van der Waals surface area contributed by atoms with E-state index in [1.165, 1.54) is 12.7 Å². The average molecular weight is 633 g/mol. The molecule has 1 aliphatic carbocycles. The van der Waals surface area contributed by atoms with Crippen LogP contribution in [-0.4, -0.2) is 44.0 Å². The van der Waals surface area contributed by atoms with E-state index in [9.17, 15) is 14.7 Å². The number of allylic oxidation sites excluding steroid dienone is 2. The van der Waals surface area contributed by atoms with Crippen LogP contribution in [0.3, 0.4) is 0 Å². The highest BCUT2D eigenvalue weighted by molar-refractivity contribution is 5.95. The van der Waals surface area contributed by atoms with Gasteiger partial charge in [0.2, 0.25) is 5.91 Å². The summed E-state index contributed by atoms with van der Waals surface area (Å²) in [5.74, 6) is 0.731. The fraction of sp³-hybridized carbons (Fsp3) is 0.231. The van der Waals surface area contributed by atoms with Crippen molar-refractivity contribution in [2.75, 3.05) is 32.2 Å². The molecule has 4 aromatic carbocycles. The van der Waals surface area contributed by atoms with E-state index in [0.29, 0.717) is 30.2 Å². The monoisotopic (exact) mass is 632 g/mol. The maximum Gasteiger partial charge on any atom is 0.407 e. The molecule has 0 atom stereocenters. The summed E-state index contributed by atoms with van der Waals surface area (Å²) in [6.07, 6.45) is 5.94. The molecule has 1 aliphatic rings. The van der Waals surface area contributed by atoms with E-state index in [1.807, 2.05) is 63.3 Å². The summed E-state index contributed by atoms with van der Waals surface area (Å²) in [5, 5.41) is 15.7. The molecule has 2 amide bonds. The van der Waals surface area contributed by atoms with Crippen molar-refractivity contribution in [2.45, 2.75) is 33.1 Å². The summed E-state index contributed by atoms with van der Waals surface area (Å²) in [7, 11) is 1.52. The number of nitrogens with one attached hydrogen (secondary N) is 2. The lowest BCUT2D eigenvalue weighted by molar-refractivity contribution is -0.115. The van der Waals surface area contributed by atoms with Crippen LogP contribution in [0, 0.1) is 0 Å². The van der Waals surface area contributed by atoms with Crippen LogP contribution in [0.1, 0.15) is 54.5 Å². The van der Waals surface area contributed by atoms with E-state index in [-0.39, 0.29) is 24.8 Å². The lowest BCUT2D eigenvalue weighted by atomic mass is 9.98. The second-order valence-corrected chi connectivity index (χ2v) is 11.5. The molecular weight excluding hydrogens is 592 g/mol. The zero-order valence-electron chi connectivity index (χ0n) is 27.1. The highest BCUT2D eigenvalue weighted by Crippen LogP contribution is 2.44. The number of amides is 2. The van der Waals surface area contributed by atoms with Crippen molar-refractivity contribution in [1.29, 1.82) is 0 Å². The van der Waals surface area contributed by atoms with Crippen LogP contribution in [0.2, 0.25) is 0 Å². The number of fused-ring (bicyclic) bond motifs is 3. The third-order valence-electron chi connectivity index (χ3n) is 7.93. The van der Waals surface area contributed by atoms with Crippen LogP contribution < -0.4 is 20.1 Å². The highest BCUT2D eigenvalue weighted by Gasteiger charge is 2.29. The molecule has 0 heterocycles. The van der Waals surface area contributed by atoms with Crippen molar-refractivity contribution in [3.8, 4) is 28.4 Å². The quantitative estimate of drug-likeness (QED) is 0.108. The molecule has 47 heavy (non-hydrogen) atoms. The van der Waals surface area contributed by atoms with Gasteiger partial charge in [-0.3, -0.25) is 4.79 Å². The van der Waals surface area contributed by atoms with Gasteiger partial charge < -0.3 is 30.0 Å². The summed E-state index contributed by atoms with van der Waals surface area (Å²) in [5.41, 5.74) is 8.81. The molecule has 4 aromatic rings. The predicted octanol–water partition coefficient (Wildman–Crippen LogP) is 7.96. The lowest BCUT2D eigenvalue weighted by Crippen LogP contribution is -2.34. The van der Waals surface area contributed by atoms with Crippen LogP contribution in [0.15, 0.2) is 90.5 Å². The van der Waals surface area contributed by atoms with Gasteiger partial charge in [0, 0.05) is 17.5 Å². The number of ether oxygens (including phenoxy) is 3. The summed E-state index contributed by atoms with van der Waals surface area (Å²) in [6.45, 7) is 6.38. The van der Waals surface area contributed by atoms with E-state index in [1.54, 1.807) is 24.3 Å². The Labute approximate surface area is 275 Å². The predicted molar refractivity (Wildman–Crippen MR) is 186 cm³/mol. The maximum absolute atomic E-state index is 12.7. The number of aromatic hydroxyl groups is 1. The molecule has 0 radical (unpaired) electrons. The number of carbonyl (C=O) groups excluding carboxylic acids is 2. The number of benzene rings is 4. The topological polar surface area (TPSA) is 106 Å². The van der Waals surface area contributed by atoms with Gasteiger partial charge in [-0.1, -0.05) is 78.4 Å². The molecule has 0 aromatic heterocycles. The van der Waals surface area contributed by atoms with Gasteiger partial charge in [-0.05, 0) is 78.8 Å². The van der Waals surface area contributed by atoms with Crippen LogP contribution >= 0.6 is 0 Å². The Balaban J connectivity index is 1.19. The minimum atomic E-state index is -0.669. The van der Waals surface area contributed by atoms with Gasteiger partial charge in [-0.25, -0.2) is 4.79 Å². The highest BCUT2D eigenvalue weighted by atomic mass is 16.5. The lowest BCUT2D eigenvalue weighted by Gasteiger charge is -2.15. The third kappa shape index (κ3) is 8.02. The Kier molecular flexibility index (Phi) is 10.6. The second-order valence-electron chi connectivity index (χ2n) is 11.5. The normalized spacial score (nSPS) is 11.8. The minimum absolute atomic E-state index is 0.0675. The number of hydrogen-bond acceptors (Lipinski definition) is 6. The summed E-state index contributed by atoms with van der Waals surface area (Å²) in [4.78, 5) is 25.3. The number of phenols is 1. The summed E-state index contributed by atoms with van der Waals surface area (Å²) < 4.78 is 16.9. The average Bonchev–Trinajstić information content (AvgIpc) is 3.39. The van der Waals surface area contributed by atoms with Crippen molar-refractivity contribution in [2.24, 2.45) is 0 Å². The molecule has 0 aliphatic heterocycles. The molecule has 0 saturated carbocycles. The van der Waals surface area contributed by atoms with Crippen LogP contribution in [0.4, 0.5) is 10.5 Å². The van der Waals surface area contributed by atoms with Gasteiger partial charge in [-0.2, -0.15) is 0 Å². The first-order valence-corrected chi connectivity index (χ1v) is 15.6. The second kappa shape index (κ2) is 15.2. The van der Waals surface area contributed by atoms with Gasteiger partial charge in [0.1, 0.15) is 30.4 Å². The molecule has 8 heteroatoms. The Bertz CT molecular complexity index is 1780. The molecular formula is C39H40N2O6. The first-order valence-electron chi connectivity index (χ1n) is 15.6. The van der Waals surface area contributed by atoms with Gasteiger partial charge >= 0.3 is 6.09 Å². The number of carbonyl (C=O) groups is 2. The first-order chi connectivity index (χ1) is 22.8. The minimum Gasteiger partial charge on any atom is -0.508 e. The molecule has 3 N–H and O–H groups in total.